The number of carbonyl (C=O) groups is 2. The van der Waals surface area contributed by atoms with E-state index < -0.39 is 6.17 Å². The lowest BCUT2D eigenvalue weighted by molar-refractivity contribution is -0.154. The molecule has 3 heteroatoms. The maximum absolute atomic E-state index is 14.5. The Balaban J connectivity index is 1.67. The van der Waals surface area contributed by atoms with Gasteiger partial charge in [-0.15, -0.1) is 0 Å². The molecule has 0 aromatic rings. The molecular formula is C19H27FO2. The lowest BCUT2D eigenvalue weighted by Crippen LogP contribution is -2.56. The number of alkyl halides is 1. The fraction of sp³-hybridized carbons (Fsp3) is 0.895. The van der Waals surface area contributed by atoms with Crippen molar-refractivity contribution in [2.45, 2.75) is 71.4 Å². The molecule has 22 heavy (non-hydrogen) atoms. The van der Waals surface area contributed by atoms with E-state index in [1.165, 1.54) is 0 Å². The summed E-state index contributed by atoms with van der Waals surface area (Å²) in [6, 6.07) is 0. The normalized spacial score (nSPS) is 54.6. The molecule has 0 aromatic heterocycles. The molecule has 7 unspecified atom stereocenters. The molecule has 0 radical (unpaired) electrons. The molecule has 0 spiro atoms. The number of fused-ring (bicyclic) bond motifs is 5. The third kappa shape index (κ3) is 1.71. The highest BCUT2D eigenvalue weighted by Crippen LogP contribution is 2.65. The van der Waals surface area contributed by atoms with Gasteiger partial charge >= 0.3 is 0 Å². The van der Waals surface area contributed by atoms with Crippen molar-refractivity contribution < 1.29 is 14.0 Å². The van der Waals surface area contributed by atoms with Crippen molar-refractivity contribution >= 4 is 11.6 Å². The van der Waals surface area contributed by atoms with Crippen molar-refractivity contribution in [2.24, 2.45) is 34.5 Å². The van der Waals surface area contributed by atoms with Crippen molar-refractivity contribution in [2.75, 3.05) is 0 Å². The van der Waals surface area contributed by atoms with Crippen LogP contribution in [0.25, 0.3) is 0 Å². The van der Waals surface area contributed by atoms with Gasteiger partial charge in [0.25, 0.3) is 0 Å². The second kappa shape index (κ2) is 4.64. The van der Waals surface area contributed by atoms with Crippen molar-refractivity contribution in [1.82, 2.24) is 0 Å². The molecule has 0 heterocycles. The van der Waals surface area contributed by atoms with Crippen molar-refractivity contribution in [1.29, 1.82) is 0 Å². The molecule has 122 valence electrons. The third-order valence-electron chi connectivity index (χ3n) is 8.22. The Morgan fingerprint density at radius 2 is 1.68 bits per heavy atom. The zero-order valence-corrected chi connectivity index (χ0v) is 13.7. The van der Waals surface area contributed by atoms with Crippen LogP contribution in [0.15, 0.2) is 0 Å². The summed E-state index contributed by atoms with van der Waals surface area (Å²) in [5.41, 5.74) is -0.132. The minimum absolute atomic E-state index is 0.0246. The van der Waals surface area contributed by atoms with Crippen LogP contribution in [-0.2, 0) is 9.59 Å². The monoisotopic (exact) mass is 306 g/mol. The number of hydrogen-bond acceptors (Lipinski definition) is 2. The largest absolute Gasteiger partial charge is 0.299 e. The Labute approximate surface area is 132 Å². The van der Waals surface area contributed by atoms with E-state index in [1.54, 1.807) is 0 Å². The van der Waals surface area contributed by atoms with Crippen molar-refractivity contribution in [3.8, 4) is 0 Å². The maximum Gasteiger partial charge on any atom is 0.167 e. The summed E-state index contributed by atoms with van der Waals surface area (Å²) in [4.78, 5) is 24.2. The Bertz CT molecular complexity index is 530. The Morgan fingerprint density at radius 1 is 0.909 bits per heavy atom. The Morgan fingerprint density at radius 3 is 2.45 bits per heavy atom. The zero-order valence-electron chi connectivity index (χ0n) is 13.7. The van der Waals surface area contributed by atoms with Gasteiger partial charge in [-0.2, -0.15) is 0 Å². The molecule has 2 nitrogen and oxygen atoms in total. The van der Waals surface area contributed by atoms with Crippen LogP contribution in [0, 0.1) is 34.5 Å². The molecule has 0 amide bonds. The van der Waals surface area contributed by atoms with Crippen LogP contribution in [0.3, 0.4) is 0 Å². The Hall–Kier alpha value is -0.730. The van der Waals surface area contributed by atoms with Gasteiger partial charge < -0.3 is 0 Å². The fourth-order valence-corrected chi connectivity index (χ4v) is 6.86. The van der Waals surface area contributed by atoms with Crippen LogP contribution < -0.4 is 0 Å². The summed E-state index contributed by atoms with van der Waals surface area (Å²) in [6.07, 6.45) is 5.70. The lowest BCUT2D eigenvalue weighted by Gasteiger charge is -2.59. The Kier molecular flexibility index (Phi) is 3.13. The highest BCUT2D eigenvalue weighted by atomic mass is 19.1. The SMILES string of the molecule is CC12CCC3C(CCC4C(F)C(=O)CCC43C)C1CCC2=O. The van der Waals surface area contributed by atoms with E-state index in [1.807, 2.05) is 0 Å². The molecule has 7 atom stereocenters. The maximum atomic E-state index is 14.5. The predicted molar refractivity (Wildman–Crippen MR) is 82.0 cm³/mol. The van der Waals surface area contributed by atoms with E-state index in [2.05, 4.69) is 13.8 Å². The van der Waals surface area contributed by atoms with Crippen molar-refractivity contribution in [3.05, 3.63) is 0 Å². The van der Waals surface area contributed by atoms with Gasteiger partial charge in [-0.25, -0.2) is 4.39 Å². The minimum Gasteiger partial charge on any atom is -0.299 e. The van der Waals surface area contributed by atoms with Crippen LogP contribution in [-0.4, -0.2) is 17.7 Å². The van der Waals surface area contributed by atoms with E-state index in [-0.39, 0.29) is 22.5 Å². The average Bonchev–Trinajstić information content (AvgIpc) is 2.79. The number of halogens is 1. The highest BCUT2D eigenvalue weighted by Gasteiger charge is 2.61. The topological polar surface area (TPSA) is 34.1 Å². The predicted octanol–water partition coefficient (Wildman–Crippen LogP) is 4.12. The number of ketones is 2. The first-order chi connectivity index (χ1) is 10.4. The van der Waals surface area contributed by atoms with Gasteiger partial charge in [-0.05, 0) is 61.7 Å². The molecule has 4 aliphatic rings. The van der Waals surface area contributed by atoms with E-state index in [0.29, 0.717) is 30.0 Å². The van der Waals surface area contributed by atoms with Gasteiger partial charge in [0.1, 0.15) is 5.78 Å². The van der Waals surface area contributed by atoms with E-state index >= 15 is 0 Å². The van der Waals surface area contributed by atoms with Crippen LogP contribution in [0.1, 0.15) is 65.2 Å². The lowest BCUT2D eigenvalue weighted by atomic mass is 9.45. The smallest absolute Gasteiger partial charge is 0.167 e. The summed E-state index contributed by atoms with van der Waals surface area (Å²) < 4.78 is 14.5. The number of rotatable bonds is 0. The molecule has 0 bridgehead atoms. The summed E-state index contributed by atoms with van der Waals surface area (Å²) in [5, 5.41) is 0. The first-order valence-electron chi connectivity index (χ1n) is 9.08. The second-order valence-corrected chi connectivity index (χ2v) is 8.85. The van der Waals surface area contributed by atoms with Gasteiger partial charge in [-0.3, -0.25) is 9.59 Å². The van der Waals surface area contributed by atoms with Crippen LogP contribution >= 0.6 is 0 Å². The summed E-state index contributed by atoms with van der Waals surface area (Å²) in [7, 11) is 0. The molecule has 4 fully saturated rings. The molecule has 0 saturated heterocycles. The van der Waals surface area contributed by atoms with E-state index in [9.17, 15) is 14.0 Å². The third-order valence-corrected chi connectivity index (χ3v) is 8.22. The van der Waals surface area contributed by atoms with Gasteiger partial charge in [-0.1, -0.05) is 13.8 Å². The molecule has 4 aliphatic carbocycles. The number of carbonyl (C=O) groups excluding carboxylic acids is 2. The standard InChI is InChI=1S/C19H27FO2/c1-18-10-8-15(21)17(20)14(18)4-3-11-12-5-6-16(22)19(12,2)9-7-13(11)18/h11-14,17H,3-10H2,1-2H3. The molecule has 0 aromatic carbocycles. The zero-order chi connectivity index (χ0) is 15.7. The van der Waals surface area contributed by atoms with Crippen molar-refractivity contribution in [3.63, 3.8) is 0 Å². The molecular weight excluding hydrogens is 279 g/mol. The number of hydrogen-bond donors (Lipinski definition) is 0. The van der Waals surface area contributed by atoms with Crippen LogP contribution in [0.2, 0.25) is 0 Å². The highest BCUT2D eigenvalue weighted by molar-refractivity contribution is 5.87. The molecule has 0 N–H and O–H groups in total. The van der Waals surface area contributed by atoms with E-state index in [4.69, 9.17) is 0 Å². The van der Waals surface area contributed by atoms with Gasteiger partial charge in [0.05, 0.1) is 0 Å². The van der Waals surface area contributed by atoms with Gasteiger partial charge in [0, 0.05) is 24.2 Å². The second-order valence-electron chi connectivity index (χ2n) is 8.85. The average molecular weight is 306 g/mol. The minimum atomic E-state index is -1.24. The first kappa shape index (κ1) is 14.8. The summed E-state index contributed by atoms with van der Waals surface area (Å²) in [5.74, 6) is 1.82. The first-order valence-corrected chi connectivity index (χ1v) is 9.08. The quantitative estimate of drug-likeness (QED) is 0.675. The van der Waals surface area contributed by atoms with Gasteiger partial charge in [0.15, 0.2) is 12.0 Å². The van der Waals surface area contributed by atoms with Gasteiger partial charge in [0.2, 0.25) is 0 Å². The van der Waals surface area contributed by atoms with Crippen LogP contribution in [0.5, 0.6) is 0 Å². The summed E-state index contributed by atoms with van der Waals surface area (Å²) >= 11 is 0. The molecule has 4 rings (SSSR count). The number of Topliss-reactive ketones (excluding diaryl/α,β-unsaturated/α-hetero) is 2. The fourth-order valence-electron chi connectivity index (χ4n) is 6.86. The van der Waals surface area contributed by atoms with Crippen LogP contribution in [0.4, 0.5) is 4.39 Å². The summed E-state index contributed by atoms with van der Waals surface area (Å²) in [6.45, 7) is 4.42. The molecule has 4 saturated carbocycles. The van der Waals surface area contributed by atoms with E-state index in [0.717, 1.165) is 44.9 Å². The molecule has 0 aliphatic heterocycles.